The van der Waals surface area contributed by atoms with Crippen molar-refractivity contribution in [3.63, 3.8) is 0 Å². The van der Waals surface area contributed by atoms with Gasteiger partial charge in [0.15, 0.2) is 6.29 Å². The first kappa shape index (κ1) is 17.1. The monoisotopic (exact) mass is 337 g/mol. The third-order valence-electron chi connectivity index (χ3n) is 4.90. The summed E-state index contributed by atoms with van der Waals surface area (Å²) in [6, 6.07) is 6.08. The Kier molecular flexibility index (Phi) is 5.04. The number of halogens is 3. The molecule has 0 saturated heterocycles. The van der Waals surface area contributed by atoms with Crippen LogP contribution in [0.1, 0.15) is 49.1 Å². The van der Waals surface area contributed by atoms with E-state index in [0.717, 1.165) is 18.9 Å². The van der Waals surface area contributed by atoms with Crippen molar-refractivity contribution in [2.45, 2.75) is 56.5 Å². The van der Waals surface area contributed by atoms with Crippen molar-refractivity contribution in [3.05, 3.63) is 35.4 Å². The molecule has 0 spiro atoms. The molecule has 1 heterocycles. The predicted molar refractivity (Wildman–Crippen MR) is 89.6 cm³/mol. The van der Waals surface area contributed by atoms with Gasteiger partial charge in [0.1, 0.15) is 0 Å². The third kappa shape index (κ3) is 3.69. The quantitative estimate of drug-likeness (QED) is 0.798. The van der Waals surface area contributed by atoms with Gasteiger partial charge in [-0.15, -0.1) is 0 Å². The van der Waals surface area contributed by atoms with Gasteiger partial charge in [-0.2, -0.15) is 13.2 Å². The number of hydrogen-bond acceptors (Lipinski definition) is 3. The summed E-state index contributed by atoms with van der Waals surface area (Å²) >= 11 is 0. The van der Waals surface area contributed by atoms with Gasteiger partial charge in [-0.25, -0.2) is 0 Å². The van der Waals surface area contributed by atoms with Crippen molar-refractivity contribution in [3.8, 4) is 0 Å². The SMILES string of the molecule is CN(C1CCCCC1)C1N=CC(c2ccccc2C(F)(F)F)C=N1. The molecule has 24 heavy (non-hydrogen) atoms. The van der Waals surface area contributed by atoms with Crippen LogP contribution in [-0.4, -0.2) is 36.7 Å². The van der Waals surface area contributed by atoms with Gasteiger partial charge in [-0.1, -0.05) is 37.5 Å². The molecule has 0 N–H and O–H groups in total. The van der Waals surface area contributed by atoms with Gasteiger partial charge in [-0.05, 0) is 31.5 Å². The molecule has 0 bridgehead atoms. The highest BCUT2D eigenvalue weighted by atomic mass is 19.4. The van der Waals surface area contributed by atoms with Crippen LogP contribution < -0.4 is 0 Å². The van der Waals surface area contributed by atoms with Crippen molar-refractivity contribution < 1.29 is 13.2 Å². The Morgan fingerprint density at radius 1 is 1.00 bits per heavy atom. The van der Waals surface area contributed by atoms with Crippen LogP contribution in [0.15, 0.2) is 34.3 Å². The smallest absolute Gasteiger partial charge is 0.263 e. The predicted octanol–water partition coefficient (Wildman–Crippen LogP) is 4.49. The lowest BCUT2D eigenvalue weighted by molar-refractivity contribution is -0.138. The fourth-order valence-electron chi connectivity index (χ4n) is 3.51. The second-order valence-corrected chi connectivity index (χ2v) is 6.51. The summed E-state index contributed by atoms with van der Waals surface area (Å²) < 4.78 is 39.5. The summed E-state index contributed by atoms with van der Waals surface area (Å²) in [4.78, 5) is 11.0. The van der Waals surface area contributed by atoms with Crippen LogP contribution in [-0.2, 0) is 6.18 Å². The van der Waals surface area contributed by atoms with Gasteiger partial charge in [0.2, 0.25) is 0 Å². The van der Waals surface area contributed by atoms with Gasteiger partial charge in [0.25, 0.3) is 0 Å². The maximum atomic E-state index is 13.2. The van der Waals surface area contributed by atoms with Crippen LogP contribution in [0.4, 0.5) is 13.2 Å². The fourth-order valence-corrected chi connectivity index (χ4v) is 3.51. The maximum absolute atomic E-state index is 13.2. The largest absolute Gasteiger partial charge is 0.416 e. The Labute approximate surface area is 140 Å². The molecule has 0 amide bonds. The van der Waals surface area contributed by atoms with Gasteiger partial charge in [-0.3, -0.25) is 14.9 Å². The molecule has 0 atom stereocenters. The molecule has 130 valence electrons. The molecule has 3 rings (SSSR count). The molecular formula is C18H22F3N3. The van der Waals surface area contributed by atoms with Gasteiger partial charge in [0, 0.05) is 18.5 Å². The summed E-state index contributed by atoms with van der Waals surface area (Å²) in [7, 11) is 2.00. The first-order valence-corrected chi connectivity index (χ1v) is 8.41. The first-order chi connectivity index (χ1) is 11.5. The first-order valence-electron chi connectivity index (χ1n) is 8.41. The third-order valence-corrected chi connectivity index (χ3v) is 4.90. The van der Waals surface area contributed by atoms with E-state index in [1.54, 1.807) is 18.5 Å². The van der Waals surface area contributed by atoms with Crippen LogP contribution >= 0.6 is 0 Å². The van der Waals surface area contributed by atoms with E-state index in [-0.39, 0.29) is 11.9 Å². The normalized spacial score (nSPS) is 25.4. The van der Waals surface area contributed by atoms with E-state index in [2.05, 4.69) is 14.9 Å². The topological polar surface area (TPSA) is 28.0 Å². The molecule has 0 radical (unpaired) electrons. The van der Waals surface area contributed by atoms with Crippen LogP contribution in [0.3, 0.4) is 0 Å². The number of benzene rings is 1. The number of nitrogens with zero attached hydrogens (tertiary/aromatic N) is 3. The second kappa shape index (κ2) is 7.05. The molecule has 1 aromatic carbocycles. The van der Waals surface area contributed by atoms with E-state index >= 15 is 0 Å². The summed E-state index contributed by atoms with van der Waals surface area (Å²) in [5.74, 6) is -0.529. The summed E-state index contributed by atoms with van der Waals surface area (Å²) in [5.41, 5.74) is -0.414. The highest BCUT2D eigenvalue weighted by molar-refractivity contribution is 5.92. The van der Waals surface area contributed by atoms with Crippen molar-refractivity contribution in [1.29, 1.82) is 0 Å². The zero-order valence-electron chi connectivity index (χ0n) is 13.7. The Hall–Kier alpha value is -1.69. The number of alkyl halides is 3. The van der Waals surface area contributed by atoms with E-state index < -0.39 is 17.7 Å². The lowest BCUT2D eigenvalue weighted by Gasteiger charge is -2.34. The molecule has 0 unspecified atom stereocenters. The number of aliphatic imine (C=N–C) groups is 2. The van der Waals surface area contributed by atoms with E-state index in [1.165, 1.54) is 31.4 Å². The van der Waals surface area contributed by atoms with Crippen LogP contribution in [0.5, 0.6) is 0 Å². The second-order valence-electron chi connectivity index (χ2n) is 6.51. The van der Waals surface area contributed by atoms with Crippen LogP contribution in [0, 0.1) is 0 Å². The summed E-state index contributed by atoms with van der Waals surface area (Å²) in [6.07, 6.45) is 4.50. The summed E-state index contributed by atoms with van der Waals surface area (Å²) in [6.45, 7) is 0. The minimum Gasteiger partial charge on any atom is -0.263 e. The van der Waals surface area contributed by atoms with Crippen molar-refractivity contribution in [2.24, 2.45) is 9.98 Å². The average molecular weight is 337 g/mol. The van der Waals surface area contributed by atoms with E-state index in [1.807, 2.05) is 7.05 Å². The molecule has 1 fully saturated rings. The van der Waals surface area contributed by atoms with Crippen molar-refractivity contribution in [2.75, 3.05) is 7.05 Å². The van der Waals surface area contributed by atoms with E-state index in [4.69, 9.17) is 0 Å². The van der Waals surface area contributed by atoms with Crippen LogP contribution in [0.25, 0.3) is 0 Å². The molecule has 6 heteroatoms. The Balaban J connectivity index is 1.73. The zero-order valence-corrected chi connectivity index (χ0v) is 13.7. The van der Waals surface area contributed by atoms with Gasteiger partial charge >= 0.3 is 6.18 Å². The maximum Gasteiger partial charge on any atom is 0.416 e. The molecular weight excluding hydrogens is 315 g/mol. The summed E-state index contributed by atoms with van der Waals surface area (Å²) in [5, 5.41) is 0. The molecule has 1 aliphatic carbocycles. The van der Waals surface area contributed by atoms with Crippen molar-refractivity contribution in [1.82, 2.24) is 4.90 Å². The van der Waals surface area contributed by atoms with E-state index in [0.29, 0.717) is 6.04 Å². The lowest BCUT2D eigenvalue weighted by Crippen LogP contribution is -2.40. The van der Waals surface area contributed by atoms with Gasteiger partial charge < -0.3 is 0 Å². The lowest BCUT2D eigenvalue weighted by atomic mass is 9.94. The molecule has 1 aliphatic heterocycles. The van der Waals surface area contributed by atoms with Gasteiger partial charge in [0.05, 0.1) is 11.5 Å². The molecule has 2 aliphatic rings. The molecule has 1 aromatic rings. The minimum atomic E-state index is -4.37. The number of rotatable bonds is 3. The molecule has 0 aromatic heterocycles. The Bertz CT molecular complexity index is 604. The minimum absolute atomic E-state index is 0.205. The highest BCUT2D eigenvalue weighted by Gasteiger charge is 2.35. The average Bonchev–Trinajstić information content (AvgIpc) is 2.61. The highest BCUT2D eigenvalue weighted by Crippen LogP contribution is 2.35. The number of hydrogen-bond donors (Lipinski definition) is 0. The molecule has 3 nitrogen and oxygen atoms in total. The Morgan fingerprint density at radius 2 is 1.62 bits per heavy atom. The standard InChI is InChI=1S/C18H22F3N3/c1-24(14-7-3-2-4-8-14)17-22-11-13(12-23-17)15-9-5-6-10-16(15)18(19,20)21/h5-6,9-14,17H,2-4,7-8H2,1H3. The van der Waals surface area contributed by atoms with Crippen LogP contribution in [0.2, 0.25) is 0 Å². The fraction of sp³-hybridized carbons (Fsp3) is 0.556. The van der Waals surface area contributed by atoms with E-state index in [9.17, 15) is 13.2 Å². The molecule has 1 saturated carbocycles. The van der Waals surface area contributed by atoms with Crippen molar-refractivity contribution >= 4 is 12.4 Å². The zero-order chi connectivity index (χ0) is 17.2. The Morgan fingerprint density at radius 3 is 2.25 bits per heavy atom.